The molecule has 0 spiro atoms. The van der Waals surface area contributed by atoms with Crippen LogP contribution in [0.4, 0.5) is 23.4 Å². The number of phenols is 1. The summed E-state index contributed by atoms with van der Waals surface area (Å²) in [7, 11) is 0. The van der Waals surface area contributed by atoms with Gasteiger partial charge in [0, 0.05) is 36.1 Å². The third kappa shape index (κ3) is 3.82. The lowest BCUT2D eigenvalue weighted by Gasteiger charge is -2.20. The summed E-state index contributed by atoms with van der Waals surface area (Å²) in [5, 5.41) is 28.0. The quantitative estimate of drug-likeness (QED) is 0.474. The maximum Gasteiger partial charge on any atom is 0.505 e. The zero-order chi connectivity index (χ0) is 19.9. The molecule has 1 amide bonds. The van der Waals surface area contributed by atoms with Gasteiger partial charge in [-0.15, -0.1) is 18.3 Å². The van der Waals surface area contributed by atoms with Gasteiger partial charge in [0.1, 0.15) is 17.8 Å². The third-order valence-corrected chi connectivity index (χ3v) is 4.40. The van der Waals surface area contributed by atoms with Gasteiger partial charge in [0.05, 0.1) is 5.69 Å². The first-order valence-electron chi connectivity index (χ1n) is 7.96. The van der Waals surface area contributed by atoms with Crippen LogP contribution in [0.25, 0.3) is 11.3 Å². The second kappa shape index (κ2) is 6.72. The molecule has 0 aliphatic carbocycles. The minimum atomic E-state index is -4.92. The molecule has 1 aromatic carbocycles. The van der Waals surface area contributed by atoms with Gasteiger partial charge in [0.15, 0.2) is 5.82 Å². The molecule has 1 aliphatic heterocycles. The number of benzene rings is 1. The molecule has 4 N–H and O–H groups in total. The Hall–Kier alpha value is -2.82. The molecular formula is C16H16F4N4O3. The minimum Gasteiger partial charge on any atom is -0.508 e. The number of rotatable bonds is 4. The van der Waals surface area contributed by atoms with Crippen LogP contribution in [-0.2, 0) is 11.1 Å². The van der Waals surface area contributed by atoms with Gasteiger partial charge in [-0.3, -0.25) is 4.79 Å². The number of aromatic nitrogens is 2. The molecule has 3 atom stereocenters. The molecular weight excluding hydrogens is 372 g/mol. The monoisotopic (exact) mass is 388 g/mol. The summed E-state index contributed by atoms with van der Waals surface area (Å²) >= 11 is 0. The summed E-state index contributed by atoms with van der Waals surface area (Å²) < 4.78 is 53.1. The lowest BCUT2D eigenvalue weighted by Crippen LogP contribution is -2.33. The number of anilines is 1. The van der Waals surface area contributed by atoms with E-state index in [1.54, 1.807) is 6.92 Å². The van der Waals surface area contributed by atoms with E-state index in [0.29, 0.717) is 0 Å². The van der Waals surface area contributed by atoms with Crippen molar-refractivity contribution in [1.82, 2.24) is 15.1 Å². The van der Waals surface area contributed by atoms with Crippen molar-refractivity contribution in [2.24, 2.45) is 11.8 Å². The molecule has 2 heterocycles. The summed E-state index contributed by atoms with van der Waals surface area (Å²) in [6.45, 7) is 1.76. The standard InChI is InChI=1S/C16H16F4N4O3/c1-7-11(6-21-14(7)26)15(27)22-13-5-12(24(23-13)16(18,19)20)8-2-9(17)4-10(25)3-8/h2-5,7,11,15,25,27H,6H2,1H3,(H,21,26)(H,22,23)/t7-,11+,15?/m1/s1. The van der Waals surface area contributed by atoms with E-state index in [2.05, 4.69) is 15.7 Å². The number of hydrogen-bond donors (Lipinski definition) is 4. The summed E-state index contributed by atoms with van der Waals surface area (Å²) in [6.07, 6.45) is -6.25. The van der Waals surface area contributed by atoms with Crippen molar-refractivity contribution >= 4 is 11.7 Å². The van der Waals surface area contributed by atoms with Crippen molar-refractivity contribution in [1.29, 1.82) is 0 Å². The topological polar surface area (TPSA) is 99.4 Å². The van der Waals surface area contributed by atoms with Crippen molar-refractivity contribution in [3.05, 3.63) is 30.1 Å². The lowest BCUT2D eigenvalue weighted by molar-refractivity contribution is -0.210. The molecule has 0 radical (unpaired) electrons. The summed E-state index contributed by atoms with van der Waals surface area (Å²) in [4.78, 5) is 11.5. The Balaban J connectivity index is 1.94. The van der Waals surface area contributed by atoms with E-state index >= 15 is 0 Å². The van der Waals surface area contributed by atoms with Crippen molar-refractivity contribution in [3.8, 4) is 17.0 Å². The molecule has 1 saturated heterocycles. The van der Waals surface area contributed by atoms with Gasteiger partial charge in [-0.25, -0.2) is 4.39 Å². The predicted molar refractivity (Wildman–Crippen MR) is 85.9 cm³/mol. The first kappa shape index (κ1) is 19.0. The van der Waals surface area contributed by atoms with E-state index in [1.165, 1.54) is 0 Å². The molecule has 0 bridgehead atoms. The maximum atomic E-state index is 13.5. The van der Waals surface area contributed by atoms with Crippen molar-refractivity contribution in [3.63, 3.8) is 0 Å². The van der Waals surface area contributed by atoms with Crippen LogP contribution in [0, 0.1) is 17.7 Å². The number of carbonyl (C=O) groups is 1. The molecule has 3 rings (SSSR count). The fraction of sp³-hybridized carbons (Fsp3) is 0.375. The Morgan fingerprint density at radius 2 is 2.04 bits per heavy atom. The first-order chi connectivity index (χ1) is 12.6. The molecule has 1 aromatic heterocycles. The van der Waals surface area contributed by atoms with Gasteiger partial charge in [-0.2, -0.15) is 4.68 Å². The maximum absolute atomic E-state index is 13.5. The number of nitrogens with one attached hydrogen (secondary N) is 2. The molecule has 0 saturated carbocycles. The van der Waals surface area contributed by atoms with Crippen molar-refractivity contribution in [2.45, 2.75) is 19.5 Å². The van der Waals surface area contributed by atoms with E-state index < -0.39 is 41.6 Å². The highest BCUT2D eigenvalue weighted by Crippen LogP contribution is 2.34. The molecule has 2 aromatic rings. The predicted octanol–water partition coefficient (Wildman–Crippen LogP) is 1.98. The second-order valence-corrected chi connectivity index (χ2v) is 6.28. The van der Waals surface area contributed by atoms with Gasteiger partial charge in [0.2, 0.25) is 5.91 Å². The van der Waals surface area contributed by atoms with Crippen LogP contribution in [0.5, 0.6) is 5.75 Å². The highest BCUT2D eigenvalue weighted by Gasteiger charge is 2.38. The lowest BCUT2D eigenvalue weighted by atomic mass is 9.96. The van der Waals surface area contributed by atoms with E-state index in [0.717, 1.165) is 24.3 Å². The Morgan fingerprint density at radius 1 is 1.33 bits per heavy atom. The van der Waals surface area contributed by atoms with Crippen LogP contribution in [0.15, 0.2) is 24.3 Å². The van der Waals surface area contributed by atoms with Crippen LogP contribution in [-0.4, -0.2) is 38.7 Å². The Bertz CT molecular complexity index is 848. The van der Waals surface area contributed by atoms with Gasteiger partial charge in [0.25, 0.3) is 0 Å². The Morgan fingerprint density at radius 3 is 2.59 bits per heavy atom. The molecule has 146 valence electrons. The van der Waals surface area contributed by atoms with Crippen LogP contribution in [0.3, 0.4) is 0 Å². The zero-order valence-corrected chi connectivity index (χ0v) is 14.0. The molecule has 7 nitrogen and oxygen atoms in total. The van der Waals surface area contributed by atoms with Crippen molar-refractivity contribution < 1.29 is 32.6 Å². The zero-order valence-electron chi connectivity index (χ0n) is 14.0. The summed E-state index contributed by atoms with van der Waals surface area (Å²) in [5.41, 5.74) is -0.772. The van der Waals surface area contributed by atoms with E-state index in [1.807, 2.05) is 0 Å². The number of halogens is 4. The SMILES string of the molecule is C[C@H]1C(=O)NC[C@@H]1C(O)Nc1cc(-c2cc(O)cc(F)c2)n(C(F)(F)F)n1. The largest absolute Gasteiger partial charge is 0.508 e. The number of aromatic hydroxyl groups is 1. The molecule has 1 fully saturated rings. The van der Waals surface area contributed by atoms with E-state index in [9.17, 15) is 32.6 Å². The summed E-state index contributed by atoms with van der Waals surface area (Å²) in [6, 6.07) is 3.51. The number of alkyl halides is 3. The van der Waals surface area contributed by atoms with E-state index in [4.69, 9.17) is 0 Å². The van der Waals surface area contributed by atoms with Crippen LogP contribution in [0.2, 0.25) is 0 Å². The smallest absolute Gasteiger partial charge is 0.505 e. The normalized spacial score (nSPS) is 21.2. The summed E-state index contributed by atoms with van der Waals surface area (Å²) in [5.74, 6) is -3.13. The second-order valence-electron chi connectivity index (χ2n) is 6.28. The van der Waals surface area contributed by atoms with Gasteiger partial charge in [-0.1, -0.05) is 6.92 Å². The van der Waals surface area contributed by atoms with Gasteiger partial charge < -0.3 is 20.8 Å². The number of amides is 1. The van der Waals surface area contributed by atoms with Crippen LogP contribution >= 0.6 is 0 Å². The molecule has 1 aliphatic rings. The van der Waals surface area contributed by atoms with Crippen LogP contribution in [0.1, 0.15) is 6.92 Å². The Labute approximate surface area is 150 Å². The fourth-order valence-corrected chi connectivity index (χ4v) is 2.97. The van der Waals surface area contributed by atoms with E-state index in [-0.39, 0.29) is 28.5 Å². The number of aliphatic hydroxyl groups is 1. The molecule has 27 heavy (non-hydrogen) atoms. The van der Waals surface area contributed by atoms with Crippen LogP contribution < -0.4 is 10.6 Å². The van der Waals surface area contributed by atoms with Gasteiger partial charge in [-0.05, 0) is 12.1 Å². The average Bonchev–Trinajstić information content (AvgIpc) is 3.11. The third-order valence-electron chi connectivity index (χ3n) is 4.40. The van der Waals surface area contributed by atoms with Crippen molar-refractivity contribution in [2.75, 3.05) is 11.9 Å². The highest BCUT2D eigenvalue weighted by molar-refractivity contribution is 5.81. The number of nitrogens with zero attached hydrogens (tertiary/aromatic N) is 2. The number of carbonyl (C=O) groups excluding carboxylic acids is 1. The van der Waals surface area contributed by atoms with Gasteiger partial charge >= 0.3 is 6.30 Å². The minimum absolute atomic E-state index is 0.165. The molecule has 11 heteroatoms. The number of phenolic OH excluding ortho intramolecular Hbond substituents is 1. The average molecular weight is 388 g/mol. The Kier molecular flexibility index (Phi) is 4.72. The first-order valence-corrected chi connectivity index (χ1v) is 7.96. The number of hydrogen-bond acceptors (Lipinski definition) is 5. The highest BCUT2D eigenvalue weighted by atomic mass is 19.4. The number of aliphatic hydroxyl groups excluding tert-OH is 1. The molecule has 1 unspecified atom stereocenters. The fourth-order valence-electron chi connectivity index (χ4n) is 2.97.